The van der Waals surface area contributed by atoms with E-state index >= 15 is 0 Å². The summed E-state index contributed by atoms with van der Waals surface area (Å²) < 4.78 is 11.1. The van der Waals surface area contributed by atoms with Crippen LogP contribution in [-0.4, -0.2) is 67.9 Å². The van der Waals surface area contributed by atoms with Gasteiger partial charge in [0.05, 0.1) is 19.3 Å². The molecule has 106 valence electrons. The number of ether oxygens (including phenoxy) is 2. The number of nitrogens with zero attached hydrogens (tertiary/aromatic N) is 2. The third-order valence-electron chi connectivity index (χ3n) is 2.69. The van der Waals surface area contributed by atoms with E-state index in [1.54, 1.807) is 4.90 Å². The molecule has 0 N–H and O–H groups in total. The van der Waals surface area contributed by atoms with Gasteiger partial charge in [-0.15, -0.1) is 0 Å². The first-order chi connectivity index (χ1) is 8.28. The summed E-state index contributed by atoms with van der Waals surface area (Å²) in [5.74, 6) is 0. The van der Waals surface area contributed by atoms with Crippen molar-refractivity contribution in [1.82, 2.24) is 9.80 Å². The zero-order valence-corrected chi connectivity index (χ0v) is 12.2. The zero-order valence-electron chi connectivity index (χ0n) is 12.2. The number of carbonyl (C=O) groups excluding carboxylic acids is 1. The van der Waals surface area contributed by atoms with Gasteiger partial charge in [-0.3, -0.25) is 0 Å². The van der Waals surface area contributed by atoms with Crippen LogP contribution in [0.5, 0.6) is 0 Å². The summed E-state index contributed by atoms with van der Waals surface area (Å²) in [6.45, 7) is 8.62. The lowest BCUT2D eigenvalue weighted by atomic mass is 10.2. The molecule has 18 heavy (non-hydrogen) atoms. The van der Waals surface area contributed by atoms with Crippen LogP contribution in [0.4, 0.5) is 4.79 Å². The van der Waals surface area contributed by atoms with Crippen LogP contribution in [0.15, 0.2) is 0 Å². The van der Waals surface area contributed by atoms with Gasteiger partial charge in [-0.1, -0.05) is 0 Å². The first kappa shape index (κ1) is 15.2. The van der Waals surface area contributed by atoms with Gasteiger partial charge >= 0.3 is 6.09 Å². The van der Waals surface area contributed by atoms with E-state index in [1.165, 1.54) is 0 Å². The summed E-state index contributed by atoms with van der Waals surface area (Å²) in [7, 11) is 4.04. The van der Waals surface area contributed by atoms with Crippen LogP contribution in [0.25, 0.3) is 0 Å². The van der Waals surface area contributed by atoms with Crippen molar-refractivity contribution < 1.29 is 14.3 Å². The van der Waals surface area contributed by atoms with Gasteiger partial charge in [-0.05, 0) is 41.3 Å². The molecule has 0 aromatic carbocycles. The summed E-state index contributed by atoms with van der Waals surface area (Å²) in [6.07, 6.45) is 0.811. The Balaban J connectivity index is 2.26. The predicted molar refractivity (Wildman–Crippen MR) is 70.7 cm³/mol. The minimum absolute atomic E-state index is 0.150. The van der Waals surface area contributed by atoms with Crippen molar-refractivity contribution >= 4 is 6.09 Å². The van der Waals surface area contributed by atoms with E-state index in [2.05, 4.69) is 4.90 Å². The number of likely N-dealkylation sites (N-methyl/N-ethyl adjacent to an activating group) is 1. The van der Waals surface area contributed by atoms with Crippen LogP contribution >= 0.6 is 0 Å². The van der Waals surface area contributed by atoms with Gasteiger partial charge in [0, 0.05) is 13.1 Å². The van der Waals surface area contributed by atoms with E-state index in [0.717, 1.165) is 19.5 Å². The zero-order chi connectivity index (χ0) is 13.8. The minimum atomic E-state index is -0.430. The fourth-order valence-electron chi connectivity index (χ4n) is 1.76. The normalized spacial score (nSPS) is 20.6. The minimum Gasteiger partial charge on any atom is -0.444 e. The number of rotatable bonds is 4. The van der Waals surface area contributed by atoms with Gasteiger partial charge in [0.1, 0.15) is 5.60 Å². The number of hydrogen-bond donors (Lipinski definition) is 0. The Labute approximate surface area is 110 Å². The van der Waals surface area contributed by atoms with Crippen LogP contribution in [0.2, 0.25) is 0 Å². The standard InChI is InChI=1S/C13H26N2O3/c1-13(2,3)18-12(16)15-7-6-11(10-15)17-9-8-14(4)5/h11H,6-10H2,1-5H3/t11-/m0/s1. The van der Waals surface area contributed by atoms with Gasteiger partial charge in [0.15, 0.2) is 0 Å². The van der Waals surface area contributed by atoms with E-state index in [9.17, 15) is 4.79 Å². The van der Waals surface area contributed by atoms with Crippen LogP contribution in [0, 0.1) is 0 Å². The maximum Gasteiger partial charge on any atom is 0.410 e. The molecule has 1 rings (SSSR count). The summed E-state index contributed by atoms with van der Waals surface area (Å²) in [6, 6.07) is 0. The molecule has 0 aromatic rings. The highest BCUT2D eigenvalue weighted by Gasteiger charge is 2.30. The average molecular weight is 258 g/mol. The van der Waals surface area contributed by atoms with Crippen LogP contribution in [-0.2, 0) is 9.47 Å². The van der Waals surface area contributed by atoms with E-state index in [4.69, 9.17) is 9.47 Å². The molecule has 1 amide bonds. The van der Waals surface area contributed by atoms with Crippen LogP contribution < -0.4 is 0 Å². The topological polar surface area (TPSA) is 42.0 Å². The third kappa shape index (κ3) is 5.69. The Hall–Kier alpha value is -0.810. The fourth-order valence-corrected chi connectivity index (χ4v) is 1.76. The molecular weight excluding hydrogens is 232 g/mol. The Kier molecular flexibility index (Phi) is 5.41. The molecule has 0 aromatic heterocycles. The van der Waals surface area contributed by atoms with E-state index in [-0.39, 0.29) is 12.2 Å². The summed E-state index contributed by atoms with van der Waals surface area (Å²) in [5.41, 5.74) is -0.430. The largest absolute Gasteiger partial charge is 0.444 e. The smallest absolute Gasteiger partial charge is 0.410 e. The molecule has 1 aliphatic rings. The molecular formula is C13H26N2O3. The number of carbonyl (C=O) groups is 1. The highest BCUT2D eigenvalue weighted by molar-refractivity contribution is 5.68. The molecule has 5 nitrogen and oxygen atoms in total. The Morgan fingerprint density at radius 2 is 2.06 bits per heavy atom. The predicted octanol–water partition coefficient (Wildman–Crippen LogP) is 1.57. The number of hydrogen-bond acceptors (Lipinski definition) is 4. The SMILES string of the molecule is CN(C)CCO[C@H]1CCN(C(=O)OC(C)(C)C)C1. The van der Waals surface area contributed by atoms with Crippen molar-refractivity contribution in [2.75, 3.05) is 40.3 Å². The lowest BCUT2D eigenvalue weighted by Gasteiger charge is -2.24. The molecule has 5 heteroatoms. The van der Waals surface area contributed by atoms with E-state index < -0.39 is 5.60 Å². The van der Waals surface area contributed by atoms with Crippen molar-refractivity contribution in [2.24, 2.45) is 0 Å². The lowest BCUT2D eigenvalue weighted by molar-refractivity contribution is 0.0195. The third-order valence-corrected chi connectivity index (χ3v) is 2.69. The second-order valence-electron chi connectivity index (χ2n) is 6.01. The molecule has 0 spiro atoms. The van der Waals surface area contributed by atoms with Crippen LogP contribution in [0.3, 0.4) is 0 Å². The quantitative estimate of drug-likeness (QED) is 0.767. The lowest BCUT2D eigenvalue weighted by Crippen LogP contribution is -2.36. The number of amides is 1. The van der Waals surface area contributed by atoms with Gasteiger partial charge in [-0.2, -0.15) is 0 Å². The van der Waals surface area contributed by atoms with E-state index in [0.29, 0.717) is 13.2 Å². The highest BCUT2D eigenvalue weighted by atomic mass is 16.6. The Morgan fingerprint density at radius 1 is 1.39 bits per heavy atom. The van der Waals surface area contributed by atoms with Crippen molar-refractivity contribution in [1.29, 1.82) is 0 Å². The fraction of sp³-hybridized carbons (Fsp3) is 0.923. The summed E-state index contributed by atoms with van der Waals surface area (Å²) in [5, 5.41) is 0. The molecule has 0 saturated carbocycles. The molecule has 1 aliphatic heterocycles. The van der Waals surface area contributed by atoms with Crippen LogP contribution in [0.1, 0.15) is 27.2 Å². The molecule has 0 radical (unpaired) electrons. The monoisotopic (exact) mass is 258 g/mol. The Morgan fingerprint density at radius 3 is 2.61 bits per heavy atom. The van der Waals surface area contributed by atoms with Crippen molar-refractivity contribution in [3.63, 3.8) is 0 Å². The highest BCUT2D eigenvalue weighted by Crippen LogP contribution is 2.17. The molecule has 1 atom stereocenters. The molecule has 1 fully saturated rings. The Bertz CT molecular complexity index is 274. The van der Waals surface area contributed by atoms with Gasteiger partial charge in [-0.25, -0.2) is 4.79 Å². The second kappa shape index (κ2) is 6.38. The first-order valence-electron chi connectivity index (χ1n) is 6.52. The molecule has 0 bridgehead atoms. The van der Waals surface area contributed by atoms with Crippen molar-refractivity contribution in [3.8, 4) is 0 Å². The van der Waals surface area contributed by atoms with Crippen molar-refractivity contribution in [2.45, 2.75) is 38.9 Å². The van der Waals surface area contributed by atoms with Crippen molar-refractivity contribution in [3.05, 3.63) is 0 Å². The summed E-state index contributed by atoms with van der Waals surface area (Å²) >= 11 is 0. The summed E-state index contributed by atoms with van der Waals surface area (Å²) in [4.78, 5) is 15.6. The van der Waals surface area contributed by atoms with Gasteiger partial charge in [0.2, 0.25) is 0 Å². The molecule has 1 saturated heterocycles. The maximum atomic E-state index is 11.8. The maximum absolute atomic E-state index is 11.8. The number of likely N-dealkylation sites (tertiary alicyclic amines) is 1. The average Bonchev–Trinajstić information content (AvgIpc) is 2.63. The first-order valence-corrected chi connectivity index (χ1v) is 6.52. The molecule has 0 aliphatic carbocycles. The van der Waals surface area contributed by atoms with Gasteiger partial charge < -0.3 is 19.3 Å². The van der Waals surface area contributed by atoms with E-state index in [1.807, 2.05) is 34.9 Å². The van der Waals surface area contributed by atoms with Gasteiger partial charge in [0.25, 0.3) is 0 Å². The molecule has 1 heterocycles. The molecule has 0 unspecified atom stereocenters. The second-order valence-corrected chi connectivity index (χ2v) is 6.01.